The maximum absolute atomic E-state index is 12.9. The Balaban J connectivity index is 1.67. The van der Waals surface area contributed by atoms with Crippen LogP contribution < -0.4 is 5.73 Å². The summed E-state index contributed by atoms with van der Waals surface area (Å²) < 4.78 is 0. The van der Waals surface area contributed by atoms with Crippen LogP contribution in [0.1, 0.15) is 44.1 Å². The van der Waals surface area contributed by atoms with E-state index in [1.165, 1.54) is 18.4 Å². The molecule has 2 fully saturated rings. The van der Waals surface area contributed by atoms with Gasteiger partial charge in [-0.3, -0.25) is 9.69 Å². The fraction of sp³-hybridized carbons (Fsp3) is 0.650. The Morgan fingerprint density at radius 1 is 1.12 bits per heavy atom. The van der Waals surface area contributed by atoms with Gasteiger partial charge in [-0.1, -0.05) is 43.2 Å². The van der Waals surface area contributed by atoms with Gasteiger partial charge >= 0.3 is 0 Å². The molecular formula is C20H31N3O. The number of amides is 1. The Labute approximate surface area is 146 Å². The van der Waals surface area contributed by atoms with E-state index in [2.05, 4.69) is 47.1 Å². The van der Waals surface area contributed by atoms with Crippen LogP contribution in [0.15, 0.2) is 30.3 Å². The van der Waals surface area contributed by atoms with E-state index >= 15 is 0 Å². The SMILES string of the molecule is CC(C(=O)N1CCCCCC1)N1C[C@@H](CN)[C@H](c2ccccc2)C1. The van der Waals surface area contributed by atoms with Gasteiger partial charge in [-0.05, 0) is 37.8 Å². The highest BCUT2D eigenvalue weighted by Gasteiger charge is 2.37. The van der Waals surface area contributed by atoms with Crippen LogP contribution in [-0.2, 0) is 4.79 Å². The molecule has 3 rings (SSSR count). The van der Waals surface area contributed by atoms with Crippen LogP contribution >= 0.6 is 0 Å². The summed E-state index contributed by atoms with van der Waals surface area (Å²) in [4.78, 5) is 17.4. The molecule has 2 aliphatic rings. The second-order valence-electron chi connectivity index (χ2n) is 7.38. The fourth-order valence-electron chi connectivity index (χ4n) is 4.25. The van der Waals surface area contributed by atoms with Crippen molar-refractivity contribution in [2.75, 3.05) is 32.7 Å². The molecule has 0 radical (unpaired) electrons. The van der Waals surface area contributed by atoms with Gasteiger partial charge in [0, 0.05) is 32.1 Å². The summed E-state index contributed by atoms with van der Waals surface area (Å²) in [5, 5.41) is 0. The first kappa shape index (κ1) is 17.4. The van der Waals surface area contributed by atoms with Crippen LogP contribution in [0.5, 0.6) is 0 Å². The number of nitrogens with two attached hydrogens (primary N) is 1. The molecule has 1 amide bonds. The molecular weight excluding hydrogens is 298 g/mol. The number of hydrogen-bond donors (Lipinski definition) is 1. The molecule has 4 nitrogen and oxygen atoms in total. The minimum absolute atomic E-state index is 0.0362. The Bertz CT molecular complexity index is 525. The number of carbonyl (C=O) groups is 1. The Kier molecular flexibility index (Phi) is 5.90. The number of rotatable bonds is 4. The molecule has 0 bridgehead atoms. The van der Waals surface area contributed by atoms with Gasteiger partial charge < -0.3 is 10.6 Å². The number of nitrogens with zero attached hydrogens (tertiary/aromatic N) is 2. The topological polar surface area (TPSA) is 49.6 Å². The summed E-state index contributed by atoms with van der Waals surface area (Å²) in [6, 6.07) is 10.6. The predicted octanol–water partition coefficient (Wildman–Crippen LogP) is 2.45. The molecule has 2 aliphatic heterocycles. The molecule has 0 saturated carbocycles. The number of benzene rings is 1. The van der Waals surface area contributed by atoms with Gasteiger partial charge in [0.25, 0.3) is 0 Å². The third-order valence-corrected chi connectivity index (χ3v) is 5.82. The van der Waals surface area contributed by atoms with E-state index in [1.54, 1.807) is 0 Å². The zero-order chi connectivity index (χ0) is 16.9. The van der Waals surface area contributed by atoms with Crippen molar-refractivity contribution in [3.8, 4) is 0 Å². The second kappa shape index (κ2) is 8.13. The first-order valence-corrected chi connectivity index (χ1v) is 9.48. The van der Waals surface area contributed by atoms with Crippen LogP contribution in [0.25, 0.3) is 0 Å². The summed E-state index contributed by atoms with van der Waals surface area (Å²) in [6.07, 6.45) is 4.81. The first-order chi connectivity index (χ1) is 11.7. The van der Waals surface area contributed by atoms with E-state index in [-0.39, 0.29) is 6.04 Å². The number of hydrogen-bond acceptors (Lipinski definition) is 3. The van der Waals surface area contributed by atoms with Gasteiger partial charge in [0.15, 0.2) is 0 Å². The van der Waals surface area contributed by atoms with Crippen molar-refractivity contribution in [2.24, 2.45) is 11.7 Å². The lowest BCUT2D eigenvalue weighted by Gasteiger charge is -2.29. The van der Waals surface area contributed by atoms with Gasteiger partial charge in [0.1, 0.15) is 0 Å². The van der Waals surface area contributed by atoms with Crippen molar-refractivity contribution in [3.63, 3.8) is 0 Å². The van der Waals surface area contributed by atoms with Gasteiger partial charge in [0.05, 0.1) is 6.04 Å². The van der Waals surface area contributed by atoms with E-state index in [9.17, 15) is 4.79 Å². The van der Waals surface area contributed by atoms with Gasteiger partial charge in [-0.15, -0.1) is 0 Å². The third-order valence-electron chi connectivity index (χ3n) is 5.82. The van der Waals surface area contributed by atoms with Gasteiger partial charge in [-0.25, -0.2) is 0 Å². The number of carbonyl (C=O) groups excluding carboxylic acids is 1. The summed E-state index contributed by atoms with van der Waals surface area (Å²) in [7, 11) is 0. The van der Waals surface area contributed by atoms with E-state index in [0.717, 1.165) is 39.0 Å². The van der Waals surface area contributed by atoms with E-state index in [1.807, 2.05) is 0 Å². The highest BCUT2D eigenvalue weighted by molar-refractivity contribution is 5.81. The van der Waals surface area contributed by atoms with Crippen LogP contribution in [0.2, 0.25) is 0 Å². The molecule has 24 heavy (non-hydrogen) atoms. The highest BCUT2D eigenvalue weighted by atomic mass is 16.2. The van der Waals surface area contributed by atoms with E-state index in [4.69, 9.17) is 5.73 Å². The molecule has 1 aromatic carbocycles. The standard InChI is InChI=1S/C20H31N3O/c1-16(20(24)22-11-7-2-3-8-12-22)23-14-18(13-21)19(15-23)17-9-5-4-6-10-17/h4-6,9-10,16,18-19H,2-3,7-8,11-15,21H2,1H3/t16?,18-,19+/m1/s1. The minimum atomic E-state index is -0.0362. The molecule has 2 heterocycles. The fourth-order valence-corrected chi connectivity index (χ4v) is 4.25. The van der Waals surface area contributed by atoms with Crippen LogP contribution in [0.4, 0.5) is 0 Å². The smallest absolute Gasteiger partial charge is 0.239 e. The molecule has 2 N–H and O–H groups in total. The van der Waals surface area contributed by atoms with Crippen molar-refractivity contribution in [1.29, 1.82) is 0 Å². The van der Waals surface area contributed by atoms with Crippen molar-refractivity contribution in [2.45, 2.75) is 44.6 Å². The maximum atomic E-state index is 12.9. The first-order valence-electron chi connectivity index (χ1n) is 9.48. The second-order valence-corrected chi connectivity index (χ2v) is 7.38. The molecule has 0 aliphatic carbocycles. The Hall–Kier alpha value is -1.39. The van der Waals surface area contributed by atoms with Crippen molar-refractivity contribution in [1.82, 2.24) is 9.80 Å². The van der Waals surface area contributed by atoms with Crippen molar-refractivity contribution < 1.29 is 4.79 Å². The average Bonchev–Trinajstić information content (AvgIpc) is 2.88. The van der Waals surface area contributed by atoms with Crippen LogP contribution in [-0.4, -0.2) is 54.5 Å². The summed E-state index contributed by atoms with van der Waals surface area (Å²) in [5.74, 6) is 1.18. The quantitative estimate of drug-likeness (QED) is 0.923. The molecule has 1 unspecified atom stereocenters. The predicted molar refractivity (Wildman–Crippen MR) is 97.8 cm³/mol. The summed E-state index contributed by atoms with van der Waals surface area (Å²) in [5.41, 5.74) is 7.39. The molecule has 0 spiro atoms. The van der Waals surface area contributed by atoms with Crippen LogP contribution in [0, 0.1) is 5.92 Å². The molecule has 132 valence electrons. The lowest BCUT2D eigenvalue weighted by atomic mass is 9.89. The summed E-state index contributed by atoms with van der Waals surface area (Å²) >= 11 is 0. The van der Waals surface area contributed by atoms with Crippen molar-refractivity contribution >= 4 is 5.91 Å². The van der Waals surface area contributed by atoms with E-state index < -0.39 is 0 Å². The Morgan fingerprint density at radius 2 is 1.79 bits per heavy atom. The molecule has 4 heteroatoms. The number of likely N-dealkylation sites (tertiary alicyclic amines) is 2. The van der Waals surface area contributed by atoms with Crippen LogP contribution in [0.3, 0.4) is 0 Å². The minimum Gasteiger partial charge on any atom is -0.341 e. The lowest BCUT2D eigenvalue weighted by molar-refractivity contribution is -0.136. The van der Waals surface area contributed by atoms with E-state index in [0.29, 0.717) is 24.3 Å². The lowest BCUT2D eigenvalue weighted by Crippen LogP contribution is -2.47. The van der Waals surface area contributed by atoms with Gasteiger partial charge in [-0.2, -0.15) is 0 Å². The molecule has 2 saturated heterocycles. The maximum Gasteiger partial charge on any atom is 0.239 e. The third kappa shape index (κ3) is 3.81. The molecule has 3 atom stereocenters. The normalized spacial score (nSPS) is 27.0. The zero-order valence-electron chi connectivity index (χ0n) is 14.9. The summed E-state index contributed by atoms with van der Waals surface area (Å²) in [6.45, 7) is 6.48. The zero-order valence-corrected chi connectivity index (χ0v) is 14.9. The average molecular weight is 329 g/mol. The molecule has 1 aromatic rings. The highest BCUT2D eigenvalue weighted by Crippen LogP contribution is 2.33. The Morgan fingerprint density at radius 3 is 2.42 bits per heavy atom. The monoisotopic (exact) mass is 329 g/mol. The molecule has 0 aromatic heterocycles. The van der Waals surface area contributed by atoms with Gasteiger partial charge in [0.2, 0.25) is 5.91 Å². The van der Waals surface area contributed by atoms with Crippen molar-refractivity contribution in [3.05, 3.63) is 35.9 Å². The largest absolute Gasteiger partial charge is 0.341 e.